The number of H-pyrrole nitrogens is 1. The number of aromatic amines is 1. The molecular weight excluding hydrogens is 274 g/mol. The summed E-state index contributed by atoms with van der Waals surface area (Å²) in [4.78, 5) is 3.46. The largest absolute Gasteiger partial charge is 0.428 e. The van der Waals surface area contributed by atoms with Crippen molar-refractivity contribution < 1.29 is 4.42 Å². The topological polar surface area (TPSA) is 28.9 Å². The molecule has 0 aliphatic heterocycles. The van der Waals surface area contributed by atoms with Gasteiger partial charge in [-0.2, -0.15) is 0 Å². The van der Waals surface area contributed by atoms with Gasteiger partial charge in [-0.15, -0.1) is 0 Å². The Balaban J connectivity index is 2.47. The maximum absolute atomic E-state index is 5.37. The molecule has 0 spiro atoms. The molecule has 0 bridgehead atoms. The summed E-state index contributed by atoms with van der Waals surface area (Å²) in [6.45, 7) is 2.19. The average Bonchev–Trinajstić information content (AvgIpc) is 2.56. The molecule has 1 heterocycles. The maximum Gasteiger partial charge on any atom is 0.266 e. The lowest BCUT2D eigenvalue weighted by molar-refractivity contribution is 0.581. The summed E-state index contributed by atoms with van der Waals surface area (Å²) in [5.41, 5.74) is 3.09. The van der Waals surface area contributed by atoms with E-state index in [1.54, 1.807) is 0 Å². The molecule has 2 aromatic rings. The lowest BCUT2D eigenvalue weighted by atomic mass is 10.1. The Labute approximate surface area is 102 Å². The summed E-state index contributed by atoms with van der Waals surface area (Å²) in [5.74, 6) is 0. The summed E-state index contributed by atoms with van der Waals surface area (Å²) >= 11 is 8.45. The average molecular weight is 286 g/mol. The van der Waals surface area contributed by atoms with Crippen molar-refractivity contribution >= 4 is 39.2 Å². The third-order valence-corrected chi connectivity index (χ3v) is 3.13. The minimum Gasteiger partial charge on any atom is -0.428 e. The van der Waals surface area contributed by atoms with Gasteiger partial charge < -0.3 is 9.40 Å². The quantitative estimate of drug-likeness (QED) is 0.836. The molecule has 0 aliphatic carbocycles. The van der Waals surface area contributed by atoms with Crippen molar-refractivity contribution in [1.82, 2.24) is 4.98 Å². The molecule has 1 aromatic carbocycles. The first-order valence-corrected chi connectivity index (χ1v) is 6.22. The van der Waals surface area contributed by atoms with Gasteiger partial charge in [-0.05, 0) is 58.7 Å². The van der Waals surface area contributed by atoms with Crippen LogP contribution in [0.25, 0.3) is 11.1 Å². The molecule has 80 valence electrons. The van der Waals surface area contributed by atoms with Gasteiger partial charge in [0.15, 0.2) is 5.58 Å². The van der Waals surface area contributed by atoms with Gasteiger partial charge in [-0.25, -0.2) is 0 Å². The van der Waals surface area contributed by atoms with E-state index in [9.17, 15) is 0 Å². The van der Waals surface area contributed by atoms with E-state index in [4.69, 9.17) is 16.6 Å². The number of oxazole rings is 1. The normalized spacial score (nSPS) is 11.1. The summed E-state index contributed by atoms with van der Waals surface area (Å²) in [6, 6.07) is 4.21. The highest BCUT2D eigenvalue weighted by molar-refractivity contribution is 9.10. The molecule has 15 heavy (non-hydrogen) atoms. The molecule has 4 heteroatoms. The third kappa shape index (κ3) is 2.32. The van der Waals surface area contributed by atoms with Gasteiger partial charge >= 0.3 is 0 Å². The fourth-order valence-corrected chi connectivity index (χ4v) is 2.38. The Morgan fingerprint density at radius 2 is 2.27 bits per heavy atom. The first kappa shape index (κ1) is 10.9. The Kier molecular flexibility index (Phi) is 3.26. The maximum atomic E-state index is 5.37. The van der Waals surface area contributed by atoms with Crippen LogP contribution < -0.4 is 0 Å². The molecule has 0 atom stereocenters. The Hall–Kier alpha value is -0.610. The third-order valence-electron chi connectivity index (χ3n) is 2.35. The van der Waals surface area contributed by atoms with Gasteiger partial charge in [0, 0.05) is 0 Å². The van der Waals surface area contributed by atoms with Crippen molar-refractivity contribution in [1.29, 1.82) is 0 Å². The molecule has 1 aromatic heterocycles. The predicted octanol–water partition coefficient (Wildman–Crippen LogP) is 4.60. The lowest BCUT2D eigenvalue weighted by Gasteiger charge is -2.00. The highest BCUT2D eigenvalue weighted by Gasteiger charge is 2.06. The van der Waals surface area contributed by atoms with Gasteiger partial charge in [0.1, 0.15) is 0 Å². The number of halogens is 1. The lowest BCUT2D eigenvalue weighted by Crippen LogP contribution is -1.85. The second kappa shape index (κ2) is 4.49. The van der Waals surface area contributed by atoms with Crippen LogP contribution in [-0.4, -0.2) is 4.98 Å². The number of aryl methyl sites for hydroxylation is 1. The van der Waals surface area contributed by atoms with Crippen LogP contribution in [0.5, 0.6) is 0 Å². The van der Waals surface area contributed by atoms with Gasteiger partial charge in [0.2, 0.25) is 0 Å². The van der Waals surface area contributed by atoms with E-state index in [-0.39, 0.29) is 0 Å². The van der Waals surface area contributed by atoms with Gasteiger partial charge in [0.05, 0.1) is 9.99 Å². The van der Waals surface area contributed by atoms with Gasteiger partial charge in [-0.1, -0.05) is 13.3 Å². The molecule has 0 saturated heterocycles. The molecule has 0 amide bonds. The van der Waals surface area contributed by atoms with E-state index >= 15 is 0 Å². The van der Waals surface area contributed by atoms with Crippen LogP contribution in [0.1, 0.15) is 25.3 Å². The van der Waals surface area contributed by atoms with Crippen LogP contribution >= 0.6 is 28.1 Å². The zero-order valence-corrected chi connectivity index (χ0v) is 10.9. The zero-order chi connectivity index (χ0) is 10.8. The van der Waals surface area contributed by atoms with E-state index < -0.39 is 0 Å². The van der Waals surface area contributed by atoms with Crippen molar-refractivity contribution in [2.75, 3.05) is 0 Å². The minimum absolute atomic E-state index is 0.429. The molecule has 1 N–H and O–H groups in total. The van der Waals surface area contributed by atoms with E-state index in [2.05, 4.69) is 40.0 Å². The number of nitrogens with one attached hydrogen (secondary N) is 1. The predicted molar refractivity (Wildman–Crippen MR) is 67.7 cm³/mol. The fourth-order valence-electron chi connectivity index (χ4n) is 1.60. The summed E-state index contributed by atoms with van der Waals surface area (Å²) in [7, 11) is 0. The van der Waals surface area contributed by atoms with Crippen LogP contribution in [0.4, 0.5) is 0 Å². The number of unbranched alkanes of at least 4 members (excludes halogenated alkanes) is 1. The first-order valence-electron chi connectivity index (χ1n) is 5.02. The SMILES string of the molecule is CCCCc1cc(Br)c2oc(=S)[nH]c2c1. The van der Waals surface area contributed by atoms with E-state index in [1.807, 2.05) is 0 Å². The van der Waals surface area contributed by atoms with E-state index in [0.717, 1.165) is 22.0 Å². The van der Waals surface area contributed by atoms with Crippen molar-refractivity contribution in [2.24, 2.45) is 0 Å². The fraction of sp³-hybridized carbons (Fsp3) is 0.364. The Bertz CT molecular complexity index is 529. The highest BCUT2D eigenvalue weighted by Crippen LogP contribution is 2.26. The second-order valence-corrected chi connectivity index (χ2v) is 4.80. The molecule has 0 radical (unpaired) electrons. The summed E-state index contributed by atoms with van der Waals surface area (Å²) in [6.07, 6.45) is 3.50. The molecular formula is C11H12BrNOS. The van der Waals surface area contributed by atoms with E-state index in [0.29, 0.717) is 4.84 Å². The minimum atomic E-state index is 0.429. The molecule has 0 unspecified atom stereocenters. The van der Waals surface area contributed by atoms with Crippen molar-refractivity contribution in [3.05, 3.63) is 27.0 Å². The summed E-state index contributed by atoms with van der Waals surface area (Å²) < 4.78 is 6.34. The monoisotopic (exact) mass is 285 g/mol. The molecule has 2 nitrogen and oxygen atoms in total. The van der Waals surface area contributed by atoms with Gasteiger partial charge in [0.25, 0.3) is 4.84 Å². The molecule has 2 rings (SSSR count). The number of rotatable bonds is 3. The number of hydrogen-bond donors (Lipinski definition) is 1. The van der Waals surface area contributed by atoms with Crippen LogP contribution in [0.15, 0.2) is 21.0 Å². The van der Waals surface area contributed by atoms with Gasteiger partial charge in [-0.3, -0.25) is 0 Å². The Morgan fingerprint density at radius 3 is 3.00 bits per heavy atom. The van der Waals surface area contributed by atoms with Crippen molar-refractivity contribution in [2.45, 2.75) is 26.2 Å². The zero-order valence-electron chi connectivity index (χ0n) is 8.47. The second-order valence-electron chi connectivity index (χ2n) is 3.57. The van der Waals surface area contributed by atoms with Crippen molar-refractivity contribution in [3.8, 4) is 0 Å². The number of hydrogen-bond acceptors (Lipinski definition) is 2. The van der Waals surface area contributed by atoms with Crippen LogP contribution in [0.3, 0.4) is 0 Å². The van der Waals surface area contributed by atoms with Crippen molar-refractivity contribution in [3.63, 3.8) is 0 Å². The number of fused-ring (bicyclic) bond motifs is 1. The smallest absolute Gasteiger partial charge is 0.266 e. The standard InChI is InChI=1S/C11H12BrNOS/c1-2-3-4-7-5-8(12)10-9(6-7)13-11(15)14-10/h5-6H,2-4H2,1H3,(H,13,15). The molecule has 0 saturated carbocycles. The van der Waals surface area contributed by atoms with Crippen LogP contribution in [0, 0.1) is 4.84 Å². The Morgan fingerprint density at radius 1 is 1.47 bits per heavy atom. The van der Waals surface area contributed by atoms with Crippen LogP contribution in [-0.2, 0) is 6.42 Å². The summed E-state index contributed by atoms with van der Waals surface area (Å²) in [5, 5.41) is 0. The number of aromatic nitrogens is 1. The number of benzene rings is 1. The molecule has 0 fully saturated rings. The highest BCUT2D eigenvalue weighted by atomic mass is 79.9. The van der Waals surface area contributed by atoms with E-state index in [1.165, 1.54) is 18.4 Å². The molecule has 0 aliphatic rings. The van der Waals surface area contributed by atoms with Crippen LogP contribution in [0.2, 0.25) is 0 Å². The first-order chi connectivity index (χ1) is 7.20.